The molecule has 228 valence electrons. The molecule has 0 radical (unpaired) electrons. The maximum Gasteiger partial charge on any atom is 0.246 e. The van der Waals surface area contributed by atoms with Crippen LogP contribution in [0.3, 0.4) is 0 Å². The highest BCUT2D eigenvalue weighted by Crippen LogP contribution is 2.32. The molecule has 0 amide bonds. The molecule has 1 saturated heterocycles. The molecule has 2 fully saturated rings. The Morgan fingerprint density at radius 1 is 1.05 bits per heavy atom. The van der Waals surface area contributed by atoms with E-state index in [1.165, 1.54) is 6.07 Å². The molecule has 0 spiro atoms. The molecule has 0 unspecified atom stereocenters. The fourth-order valence-electron chi connectivity index (χ4n) is 5.56. The molecule has 2 aliphatic rings. The van der Waals surface area contributed by atoms with Crippen molar-refractivity contribution in [2.45, 2.75) is 82.8 Å². The second kappa shape index (κ2) is 12.3. The van der Waals surface area contributed by atoms with Gasteiger partial charge in [0.2, 0.25) is 21.9 Å². The number of nitrogens with zero attached hydrogens (tertiary/aromatic N) is 4. The number of aromatic nitrogens is 3. The van der Waals surface area contributed by atoms with Crippen LogP contribution in [0, 0.1) is 0 Å². The van der Waals surface area contributed by atoms with Crippen LogP contribution >= 0.6 is 0 Å². The van der Waals surface area contributed by atoms with Crippen LogP contribution in [-0.4, -0.2) is 78.3 Å². The van der Waals surface area contributed by atoms with Crippen LogP contribution in [0.5, 0.6) is 0 Å². The van der Waals surface area contributed by atoms with Crippen molar-refractivity contribution in [3.8, 4) is 11.1 Å². The molecule has 2 N–H and O–H groups in total. The predicted molar refractivity (Wildman–Crippen MR) is 162 cm³/mol. The van der Waals surface area contributed by atoms with Gasteiger partial charge in [-0.3, -0.25) is 9.62 Å². The third-order valence-electron chi connectivity index (χ3n) is 8.30. The first kappa shape index (κ1) is 30.5. The van der Waals surface area contributed by atoms with Crippen molar-refractivity contribution in [1.29, 1.82) is 0 Å². The van der Waals surface area contributed by atoms with Gasteiger partial charge in [0.1, 0.15) is 5.82 Å². The number of benzene rings is 1. The van der Waals surface area contributed by atoms with E-state index in [9.17, 15) is 17.2 Å². The summed E-state index contributed by atoms with van der Waals surface area (Å²) >= 11 is 0. The van der Waals surface area contributed by atoms with Gasteiger partial charge in [-0.05, 0) is 81.0 Å². The molecule has 3 heterocycles. The molecular formula is C30H40F2N6O3S. The lowest BCUT2D eigenvalue weighted by atomic mass is 9.89. The molecule has 5 rings (SSSR count). The summed E-state index contributed by atoms with van der Waals surface area (Å²) in [6.07, 6.45) is 7.08. The molecule has 12 heteroatoms. The first-order valence-corrected chi connectivity index (χ1v) is 16.2. The van der Waals surface area contributed by atoms with E-state index in [2.05, 4.69) is 51.9 Å². The zero-order chi connectivity index (χ0) is 30.1. The summed E-state index contributed by atoms with van der Waals surface area (Å²) in [5.41, 5.74) is 3.67. The number of hydrogen-bond donors (Lipinski definition) is 2. The Bertz CT molecular complexity index is 1490. The van der Waals surface area contributed by atoms with Gasteiger partial charge in [0.15, 0.2) is 0 Å². The Hall–Kier alpha value is -2.96. The average Bonchev–Trinajstić information content (AvgIpc) is 2.91. The number of likely N-dealkylation sites (N-methyl/N-ethyl adjacent to an activating group) is 1. The maximum atomic E-state index is 13.1. The molecule has 0 atom stereocenters. The highest BCUT2D eigenvalue weighted by molar-refractivity contribution is 7.92. The van der Waals surface area contributed by atoms with E-state index in [4.69, 9.17) is 9.72 Å². The van der Waals surface area contributed by atoms with Crippen molar-refractivity contribution >= 4 is 32.7 Å². The van der Waals surface area contributed by atoms with Gasteiger partial charge in [0.05, 0.1) is 30.5 Å². The largest absolute Gasteiger partial charge is 0.378 e. The minimum atomic E-state index is -3.94. The number of anilines is 2. The Balaban J connectivity index is 1.28. The lowest BCUT2D eigenvalue weighted by Crippen LogP contribution is -2.52. The minimum absolute atomic E-state index is 0.0832. The molecule has 9 nitrogen and oxygen atoms in total. The number of sulfonamides is 1. The van der Waals surface area contributed by atoms with Crippen LogP contribution in [0.2, 0.25) is 0 Å². The highest BCUT2D eigenvalue weighted by atomic mass is 32.2. The molecule has 3 aromatic rings. The van der Waals surface area contributed by atoms with Gasteiger partial charge in [0, 0.05) is 41.8 Å². The highest BCUT2D eigenvalue weighted by Gasteiger charge is 2.31. The van der Waals surface area contributed by atoms with Crippen molar-refractivity contribution in [3.05, 3.63) is 42.2 Å². The van der Waals surface area contributed by atoms with Crippen molar-refractivity contribution in [2.24, 2.45) is 0 Å². The number of ether oxygens (including phenoxy) is 1. The monoisotopic (exact) mass is 602 g/mol. The average molecular weight is 603 g/mol. The zero-order valence-corrected chi connectivity index (χ0v) is 25.4. The lowest BCUT2D eigenvalue weighted by molar-refractivity contribution is -0.0736. The molecule has 1 aliphatic heterocycles. The molecule has 1 aliphatic carbocycles. The molecule has 2 aromatic heterocycles. The van der Waals surface area contributed by atoms with E-state index in [1.54, 1.807) is 12.3 Å². The van der Waals surface area contributed by atoms with Crippen molar-refractivity contribution in [3.63, 3.8) is 0 Å². The topological polar surface area (TPSA) is 109 Å². The summed E-state index contributed by atoms with van der Waals surface area (Å²) in [6, 6.07) is 8.86. The van der Waals surface area contributed by atoms with E-state index < -0.39 is 28.1 Å². The van der Waals surface area contributed by atoms with Gasteiger partial charge in [-0.15, -0.1) is 0 Å². The smallest absolute Gasteiger partial charge is 0.246 e. The van der Waals surface area contributed by atoms with Crippen LogP contribution in [0.4, 0.5) is 20.5 Å². The molecule has 42 heavy (non-hydrogen) atoms. The number of halogens is 2. The van der Waals surface area contributed by atoms with Crippen LogP contribution < -0.4 is 10.0 Å². The summed E-state index contributed by atoms with van der Waals surface area (Å²) in [5.74, 6) is -2.82. The first-order valence-electron chi connectivity index (χ1n) is 14.6. The number of rotatable bonds is 11. The maximum absolute atomic E-state index is 13.1. The Morgan fingerprint density at radius 3 is 2.38 bits per heavy atom. The summed E-state index contributed by atoms with van der Waals surface area (Å²) in [7, 11) is -1.72. The molecule has 0 bridgehead atoms. The normalized spacial score (nSPS) is 20.2. The van der Waals surface area contributed by atoms with Crippen molar-refractivity contribution in [1.82, 2.24) is 19.9 Å². The van der Waals surface area contributed by atoms with Gasteiger partial charge in [-0.25, -0.2) is 32.2 Å². The summed E-state index contributed by atoms with van der Waals surface area (Å²) in [5, 5.41) is 4.47. The fraction of sp³-hybridized carbons (Fsp3) is 0.567. The van der Waals surface area contributed by atoms with Gasteiger partial charge in [0.25, 0.3) is 0 Å². The number of hydrogen-bond acceptors (Lipinski definition) is 8. The first-order chi connectivity index (χ1) is 19.9. The van der Waals surface area contributed by atoms with E-state index in [0.29, 0.717) is 31.0 Å². The second-order valence-electron chi connectivity index (χ2n) is 12.0. The summed E-state index contributed by atoms with van der Waals surface area (Å²) in [6.45, 7) is 6.62. The lowest BCUT2D eigenvalue weighted by Gasteiger charge is -2.42. The quantitative estimate of drug-likeness (QED) is 0.290. The van der Waals surface area contributed by atoms with Crippen molar-refractivity contribution < 1.29 is 21.9 Å². The number of nitrogens with one attached hydrogen (secondary N) is 2. The van der Waals surface area contributed by atoms with Crippen molar-refractivity contribution in [2.75, 3.05) is 36.1 Å². The van der Waals surface area contributed by atoms with Gasteiger partial charge < -0.3 is 10.1 Å². The van der Waals surface area contributed by atoms with Gasteiger partial charge >= 0.3 is 0 Å². The zero-order valence-electron chi connectivity index (χ0n) is 24.6. The van der Waals surface area contributed by atoms with Crippen LogP contribution in [0.1, 0.15) is 64.4 Å². The third-order valence-corrected chi connectivity index (χ3v) is 9.57. The molecular weight excluding hydrogens is 562 g/mol. The van der Waals surface area contributed by atoms with Gasteiger partial charge in [-0.2, -0.15) is 0 Å². The Kier molecular flexibility index (Phi) is 8.96. The van der Waals surface area contributed by atoms with E-state index >= 15 is 0 Å². The summed E-state index contributed by atoms with van der Waals surface area (Å²) in [4.78, 5) is 16.3. The molecule has 1 aromatic carbocycles. The van der Waals surface area contributed by atoms with E-state index in [-0.39, 0.29) is 11.7 Å². The van der Waals surface area contributed by atoms with Crippen LogP contribution in [0.25, 0.3) is 22.0 Å². The second-order valence-corrected chi connectivity index (χ2v) is 13.9. The third kappa shape index (κ3) is 7.51. The van der Waals surface area contributed by atoms with Gasteiger partial charge in [-0.1, -0.05) is 13.8 Å². The Morgan fingerprint density at radius 2 is 1.79 bits per heavy atom. The van der Waals surface area contributed by atoms with E-state index in [1.807, 2.05) is 12.3 Å². The number of pyridine rings is 1. The fourth-order valence-corrected chi connectivity index (χ4v) is 6.73. The number of fused-ring (bicyclic) bond motifs is 1. The molecule has 1 saturated carbocycles. The number of alkyl halides is 2. The summed E-state index contributed by atoms with van der Waals surface area (Å²) < 4.78 is 58.2. The Labute approximate surface area is 246 Å². The SMILES string of the molecule is CC(C)c1cc(-c2ccc(NS(=O)(=O)CCC(C)(F)F)nc2)cc2cnc(NC3CCC(N(C)C4COC4)CC3)nc12. The van der Waals surface area contributed by atoms with E-state index in [0.717, 1.165) is 66.5 Å². The predicted octanol–water partition coefficient (Wildman–Crippen LogP) is 5.66. The minimum Gasteiger partial charge on any atom is -0.378 e. The van der Waals surface area contributed by atoms with Crippen LogP contribution in [0.15, 0.2) is 36.7 Å². The standard InChI is InChI=1S/C30H40F2N6O3S/c1-19(2)26-14-21(20-5-10-27(33-15-20)37-42(39,40)12-11-30(3,31)32)13-22-16-34-29(36-28(22)26)35-23-6-8-24(9-7-23)38(4)25-17-41-18-25/h5,10,13-16,19,23-25H,6-9,11-12,17-18H2,1-4H3,(H,33,37)(H,34,35,36). The van der Waals surface area contributed by atoms with Crippen LogP contribution in [-0.2, 0) is 14.8 Å².